The van der Waals surface area contributed by atoms with E-state index in [1.807, 2.05) is 6.07 Å². The molecule has 0 saturated carbocycles. The van der Waals surface area contributed by atoms with Gasteiger partial charge in [-0.25, -0.2) is 13.1 Å². The third-order valence-electron chi connectivity index (χ3n) is 3.76. The van der Waals surface area contributed by atoms with Crippen LogP contribution >= 0.6 is 0 Å². The third-order valence-corrected chi connectivity index (χ3v) is 5.17. The molecule has 0 aromatic heterocycles. The second-order valence-electron chi connectivity index (χ2n) is 5.38. The summed E-state index contributed by atoms with van der Waals surface area (Å²) in [6, 6.07) is 7.27. The first-order chi connectivity index (χ1) is 10.0. The molecule has 1 aromatic rings. The van der Waals surface area contributed by atoms with Gasteiger partial charge in [-0.05, 0) is 44.5 Å². The summed E-state index contributed by atoms with van der Waals surface area (Å²) < 4.78 is 31.7. The van der Waals surface area contributed by atoms with Crippen molar-refractivity contribution in [2.45, 2.75) is 49.6 Å². The predicted octanol–water partition coefficient (Wildman–Crippen LogP) is 2.35. The first-order valence-corrected chi connectivity index (χ1v) is 8.95. The molecule has 0 bridgehead atoms. The first-order valence-electron chi connectivity index (χ1n) is 7.47. The highest BCUT2D eigenvalue weighted by atomic mass is 32.2. The highest BCUT2D eigenvalue weighted by Crippen LogP contribution is 2.23. The van der Waals surface area contributed by atoms with Crippen molar-refractivity contribution >= 4 is 15.7 Å². The van der Waals surface area contributed by atoms with Gasteiger partial charge in [0.25, 0.3) is 0 Å². The van der Waals surface area contributed by atoms with Crippen LogP contribution in [0.3, 0.4) is 0 Å². The van der Waals surface area contributed by atoms with Gasteiger partial charge in [-0.2, -0.15) is 0 Å². The van der Waals surface area contributed by atoms with Gasteiger partial charge < -0.3 is 10.1 Å². The van der Waals surface area contributed by atoms with Gasteiger partial charge in [-0.1, -0.05) is 19.4 Å². The molecule has 1 fully saturated rings. The van der Waals surface area contributed by atoms with Crippen LogP contribution in [0.2, 0.25) is 0 Å². The van der Waals surface area contributed by atoms with E-state index in [1.165, 1.54) is 7.05 Å². The number of nitrogens with one attached hydrogen (secondary N) is 2. The Kier molecular flexibility index (Phi) is 5.61. The van der Waals surface area contributed by atoms with Gasteiger partial charge >= 0.3 is 0 Å². The second-order valence-corrected chi connectivity index (χ2v) is 7.27. The van der Waals surface area contributed by atoms with Crippen molar-refractivity contribution in [3.63, 3.8) is 0 Å². The van der Waals surface area contributed by atoms with Crippen LogP contribution in [0.25, 0.3) is 0 Å². The van der Waals surface area contributed by atoms with E-state index in [0.717, 1.165) is 38.0 Å². The van der Waals surface area contributed by atoms with Crippen molar-refractivity contribution in [2.75, 3.05) is 19.0 Å². The normalized spacial score (nSPS) is 23.0. The summed E-state index contributed by atoms with van der Waals surface area (Å²) in [6.07, 6.45) is 4.42. The standard InChI is InChI=1S/C15H24N2O3S/c1-3-5-14-10-13(8-9-20-14)17-12-6-4-7-15(11-12)21(18,19)16-2/h4,6-7,11,13-14,16-17H,3,5,8-10H2,1-2H3. The summed E-state index contributed by atoms with van der Waals surface area (Å²) in [5, 5.41) is 3.43. The first kappa shape index (κ1) is 16.3. The van der Waals surface area contributed by atoms with Crippen molar-refractivity contribution in [1.82, 2.24) is 4.72 Å². The van der Waals surface area contributed by atoms with Crippen molar-refractivity contribution in [2.24, 2.45) is 0 Å². The predicted molar refractivity (Wildman–Crippen MR) is 84.0 cm³/mol. The van der Waals surface area contributed by atoms with Gasteiger partial charge in [0.2, 0.25) is 10.0 Å². The van der Waals surface area contributed by atoms with Gasteiger partial charge in [0.1, 0.15) is 0 Å². The number of anilines is 1. The van der Waals surface area contributed by atoms with Crippen LogP contribution in [0, 0.1) is 0 Å². The fourth-order valence-electron chi connectivity index (χ4n) is 2.64. The molecule has 2 unspecified atom stereocenters. The highest BCUT2D eigenvalue weighted by Gasteiger charge is 2.22. The third kappa shape index (κ3) is 4.43. The quantitative estimate of drug-likeness (QED) is 0.846. The molecular formula is C15H24N2O3S. The Bertz CT molecular complexity index is 558. The lowest BCUT2D eigenvalue weighted by atomic mass is 10.00. The van der Waals surface area contributed by atoms with Crippen molar-refractivity contribution in [1.29, 1.82) is 0 Å². The van der Waals surface area contributed by atoms with E-state index in [2.05, 4.69) is 17.0 Å². The molecule has 1 aromatic carbocycles. The lowest BCUT2D eigenvalue weighted by Gasteiger charge is -2.30. The van der Waals surface area contributed by atoms with Crippen LogP contribution in [0.15, 0.2) is 29.2 Å². The van der Waals surface area contributed by atoms with E-state index in [0.29, 0.717) is 12.1 Å². The van der Waals surface area contributed by atoms with E-state index < -0.39 is 10.0 Å². The zero-order valence-corrected chi connectivity index (χ0v) is 13.4. The molecule has 1 aliphatic rings. The Hall–Kier alpha value is -1.11. The summed E-state index contributed by atoms with van der Waals surface area (Å²) in [5.74, 6) is 0. The molecule has 0 spiro atoms. The Morgan fingerprint density at radius 3 is 2.90 bits per heavy atom. The second kappa shape index (κ2) is 7.24. The van der Waals surface area contributed by atoms with E-state index in [1.54, 1.807) is 18.2 Å². The summed E-state index contributed by atoms with van der Waals surface area (Å²) in [6.45, 7) is 2.92. The molecule has 0 radical (unpaired) electrons. The van der Waals surface area contributed by atoms with E-state index in [9.17, 15) is 8.42 Å². The maximum Gasteiger partial charge on any atom is 0.240 e. The molecule has 0 aliphatic carbocycles. The Balaban J connectivity index is 2.04. The van der Waals surface area contributed by atoms with Crippen LogP contribution in [0.4, 0.5) is 5.69 Å². The largest absolute Gasteiger partial charge is 0.382 e. The van der Waals surface area contributed by atoms with Gasteiger partial charge in [-0.15, -0.1) is 0 Å². The molecular weight excluding hydrogens is 288 g/mol. The smallest absolute Gasteiger partial charge is 0.240 e. The van der Waals surface area contributed by atoms with Gasteiger partial charge in [0.15, 0.2) is 0 Å². The topological polar surface area (TPSA) is 67.4 Å². The minimum absolute atomic E-state index is 0.284. The number of hydrogen-bond donors (Lipinski definition) is 2. The highest BCUT2D eigenvalue weighted by molar-refractivity contribution is 7.89. The van der Waals surface area contributed by atoms with Crippen LogP contribution in [0.5, 0.6) is 0 Å². The van der Waals surface area contributed by atoms with E-state index in [-0.39, 0.29) is 4.90 Å². The minimum Gasteiger partial charge on any atom is -0.382 e. The molecule has 2 rings (SSSR count). The van der Waals surface area contributed by atoms with Crippen molar-refractivity contribution < 1.29 is 13.2 Å². The number of ether oxygens (including phenoxy) is 1. The maximum atomic E-state index is 11.8. The Morgan fingerprint density at radius 2 is 2.19 bits per heavy atom. The Morgan fingerprint density at radius 1 is 1.38 bits per heavy atom. The van der Waals surface area contributed by atoms with Gasteiger partial charge in [0, 0.05) is 18.3 Å². The van der Waals surface area contributed by atoms with Crippen molar-refractivity contribution in [3.05, 3.63) is 24.3 Å². The molecule has 1 saturated heterocycles. The molecule has 2 N–H and O–H groups in total. The lowest BCUT2D eigenvalue weighted by Crippen LogP contribution is -2.34. The van der Waals surface area contributed by atoms with Gasteiger partial charge in [-0.3, -0.25) is 0 Å². The number of rotatable bonds is 6. The van der Waals surface area contributed by atoms with E-state index in [4.69, 9.17) is 4.74 Å². The summed E-state index contributed by atoms with van der Waals surface area (Å²) >= 11 is 0. The van der Waals surface area contributed by atoms with Crippen LogP contribution in [0.1, 0.15) is 32.6 Å². The molecule has 6 heteroatoms. The SMILES string of the molecule is CCCC1CC(Nc2cccc(S(=O)(=O)NC)c2)CCO1. The molecule has 21 heavy (non-hydrogen) atoms. The average molecular weight is 312 g/mol. The summed E-state index contributed by atoms with van der Waals surface area (Å²) in [7, 11) is -1.98. The zero-order valence-electron chi connectivity index (χ0n) is 12.6. The zero-order chi connectivity index (χ0) is 15.3. The monoisotopic (exact) mass is 312 g/mol. The number of sulfonamides is 1. The molecule has 118 valence electrons. The molecule has 1 aliphatic heterocycles. The van der Waals surface area contributed by atoms with Crippen molar-refractivity contribution in [3.8, 4) is 0 Å². The molecule has 2 atom stereocenters. The molecule has 0 amide bonds. The average Bonchev–Trinajstić information content (AvgIpc) is 2.48. The van der Waals surface area contributed by atoms with E-state index >= 15 is 0 Å². The fourth-order valence-corrected chi connectivity index (χ4v) is 3.42. The number of hydrogen-bond acceptors (Lipinski definition) is 4. The van der Waals surface area contributed by atoms with Crippen LogP contribution < -0.4 is 10.0 Å². The minimum atomic E-state index is -3.40. The maximum absolute atomic E-state index is 11.8. The lowest BCUT2D eigenvalue weighted by molar-refractivity contribution is 0.00597. The summed E-state index contributed by atoms with van der Waals surface area (Å²) in [4.78, 5) is 0.284. The van der Waals surface area contributed by atoms with Gasteiger partial charge in [0.05, 0.1) is 11.0 Å². The summed E-state index contributed by atoms with van der Waals surface area (Å²) in [5.41, 5.74) is 0.841. The molecule has 5 nitrogen and oxygen atoms in total. The number of benzene rings is 1. The fraction of sp³-hybridized carbons (Fsp3) is 0.600. The Labute approximate surface area is 127 Å². The van der Waals surface area contributed by atoms with Crippen LogP contribution in [-0.2, 0) is 14.8 Å². The van der Waals surface area contributed by atoms with Crippen LogP contribution in [-0.4, -0.2) is 34.2 Å². The molecule has 1 heterocycles.